The minimum Gasteiger partial charge on any atom is -0.377 e. The molecule has 1 atom stereocenters. The van der Waals surface area contributed by atoms with Crippen LogP contribution in [0.15, 0.2) is 0 Å². The topological polar surface area (TPSA) is 50.3 Å². The molecule has 2 rings (SSSR count). The van der Waals surface area contributed by atoms with Gasteiger partial charge in [-0.2, -0.15) is 0 Å². The molecule has 96 valence electrons. The number of hydrogen-bond acceptors (Lipinski definition) is 6. The van der Waals surface area contributed by atoms with Crippen molar-refractivity contribution in [1.29, 1.82) is 0 Å². The molecular formula is C11H20N4OS. The fourth-order valence-electron chi connectivity index (χ4n) is 1.85. The maximum Gasteiger partial charge on any atom is 0.208 e. The van der Waals surface area contributed by atoms with Gasteiger partial charge in [0.25, 0.3) is 0 Å². The van der Waals surface area contributed by atoms with Gasteiger partial charge in [-0.15, -0.1) is 10.2 Å². The molecule has 1 aromatic rings. The van der Waals surface area contributed by atoms with Gasteiger partial charge < -0.3 is 15.0 Å². The first kappa shape index (κ1) is 12.7. The molecule has 1 aliphatic rings. The third kappa shape index (κ3) is 3.37. The molecule has 0 radical (unpaired) electrons. The molecule has 0 aromatic carbocycles. The summed E-state index contributed by atoms with van der Waals surface area (Å²) in [7, 11) is 0. The Morgan fingerprint density at radius 1 is 1.53 bits per heavy atom. The molecule has 0 amide bonds. The number of nitrogens with zero attached hydrogens (tertiary/aromatic N) is 3. The van der Waals surface area contributed by atoms with Crippen molar-refractivity contribution in [2.75, 3.05) is 31.2 Å². The van der Waals surface area contributed by atoms with Crippen LogP contribution in [0.5, 0.6) is 0 Å². The molecule has 1 fully saturated rings. The molecular weight excluding hydrogens is 236 g/mol. The van der Waals surface area contributed by atoms with Crippen molar-refractivity contribution in [3.8, 4) is 0 Å². The number of aryl methyl sites for hydroxylation is 1. The minimum absolute atomic E-state index is 0.360. The molecule has 1 aliphatic heterocycles. The van der Waals surface area contributed by atoms with Gasteiger partial charge >= 0.3 is 0 Å². The number of rotatable bonds is 4. The van der Waals surface area contributed by atoms with Crippen molar-refractivity contribution in [1.82, 2.24) is 15.5 Å². The lowest BCUT2D eigenvalue weighted by Gasteiger charge is -2.35. The SMILES string of the molecule is Cc1nnc(N2CCOCC2CNC(C)C)s1. The second kappa shape index (κ2) is 5.75. The van der Waals surface area contributed by atoms with E-state index in [0.29, 0.717) is 12.1 Å². The standard InChI is InChI=1S/C11H20N4OS/c1-8(2)12-6-10-7-16-5-4-15(10)11-14-13-9(3)17-11/h8,10,12H,4-7H2,1-3H3. The second-order valence-corrected chi connectivity index (χ2v) is 5.75. The van der Waals surface area contributed by atoms with Gasteiger partial charge in [-0.05, 0) is 6.92 Å². The van der Waals surface area contributed by atoms with Gasteiger partial charge in [-0.25, -0.2) is 0 Å². The summed E-state index contributed by atoms with van der Waals surface area (Å²) in [5.41, 5.74) is 0. The van der Waals surface area contributed by atoms with E-state index in [1.54, 1.807) is 11.3 Å². The van der Waals surface area contributed by atoms with Crippen LogP contribution >= 0.6 is 11.3 Å². The van der Waals surface area contributed by atoms with E-state index in [1.807, 2.05) is 6.92 Å². The van der Waals surface area contributed by atoms with Gasteiger partial charge in [-0.1, -0.05) is 25.2 Å². The van der Waals surface area contributed by atoms with Crippen molar-refractivity contribution in [3.63, 3.8) is 0 Å². The zero-order valence-electron chi connectivity index (χ0n) is 10.6. The first-order valence-corrected chi connectivity index (χ1v) is 6.86. The first-order valence-electron chi connectivity index (χ1n) is 6.04. The van der Waals surface area contributed by atoms with Gasteiger partial charge in [0.2, 0.25) is 5.13 Å². The molecule has 17 heavy (non-hydrogen) atoms. The summed E-state index contributed by atoms with van der Waals surface area (Å²) in [6.07, 6.45) is 0. The van der Waals surface area contributed by atoms with Crippen molar-refractivity contribution < 1.29 is 4.74 Å². The summed E-state index contributed by atoms with van der Waals surface area (Å²) in [4.78, 5) is 2.31. The van der Waals surface area contributed by atoms with E-state index >= 15 is 0 Å². The quantitative estimate of drug-likeness (QED) is 0.872. The lowest BCUT2D eigenvalue weighted by atomic mass is 10.2. The molecule has 0 bridgehead atoms. The molecule has 6 heteroatoms. The van der Waals surface area contributed by atoms with Crippen LogP contribution in [0.3, 0.4) is 0 Å². The van der Waals surface area contributed by atoms with Crippen LogP contribution in [0.1, 0.15) is 18.9 Å². The Kier molecular flexibility index (Phi) is 4.31. The minimum atomic E-state index is 0.360. The van der Waals surface area contributed by atoms with E-state index in [0.717, 1.165) is 36.4 Å². The Bertz CT molecular complexity index is 355. The lowest BCUT2D eigenvalue weighted by Crippen LogP contribution is -2.51. The fraction of sp³-hybridized carbons (Fsp3) is 0.818. The highest BCUT2D eigenvalue weighted by Gasteiger charge is 2.25. The summed E-state index contributed by atoms with van der Waals surface area (Å²) in [5, 5.41) is 13.8. The Morgan fingerprint density at radius 3 is 3.00 bits per heavy atom. The van der Waals surface area contributed by atoms with Crippen molar-refractivity contribution in [3.05, 3.63) is 5.01 Å². The molecule has 1 saturated heterocycles. The van der Waals surface area contributed by atoms with Crippen LogP contribution in [0.2, 0.25) is 0 Å². The summed E-state index contributed by atoms with van der Waals surface area (Å²) in [5.74, 6) is 0. The third-order valence-corrected chi connectivity index (χ3v) is 3.63. The van der Waals surface area contributed by atoms with E-state index in [4.69, 9.17) is 4.74 Å². The molecule has 0 spiro atoms. The first-order chi connectivity index (χ1) is 8.16. The van der Waals surface area contributed by atoms with Crippen LogP contribution in [0, 0.1) is 6.92 Å². The monoisotopic (exact) mass is 256 g/mol. The number of anilines is 1. The van der Waals surface area contributed by atoms with Crippen molar-refractivity contribution in [2.24, 2.45) is 0 Å². The predicted molar refractivity (Wildman–Crippen MR) is 69.7 cm³/mol. The smallest absolute Gasteiger partial charge is 0.208 e. The predicted octanol–water partition coefficient (Wildman–Crippen LogP) is 1.05. The van der Waals surface area contributed by atoms with Gasteiger partial charge in [0.1, 0.15) is 5.01 Å². The Hall–Kier alpha value is -0.720. The number of aromatic nitrogens is 2. The zero-order chi connectivity index (χ0) is 12.3. The highest BCUT2D eigenvalue weighted by Crippen LogP contribution is 2.23. The van der Waals surface area contributed by atoms with Crippen molar-refractivity contribution in [2.45, 2.75) is 32.9 Å². The maximum absolute atomic E-state index is 5.55. The molecule has 1 aromatic heterocycles. The highest BCUT2D eigenvalue weighted by atomic mass is 32.1. The van der Waals surface area contributed by atoms with E-state index in [2.05, 4.69) is 34.3 Å². The summed E-state index contributed by atoms with van der Waals surface area (Å²) >= 11 is 1.65. The van der Waals surface area contributed by atoms with Gasteiger partial charge in [0.05, 0.1) is 19.3 Å². The Morgan fingerprint density at radius 2 is 2.35 bits per heavy atom. The molecule has 5 nitrogen and oxygen atoms in total. The Balaban J connectivity index is 2.01. The van der Waals surface area contributed by atoms with E-state index in [1.165, 1.54) is 0 Å². The van der Waals surface area contributed by atoms with Crippen LogP contribution in [-0.4, -0.2) is 48.6 Å². The number of hydrogen-bond donors (Lipinski definition) is 1. The zero-order valence-corrected chi connectivity index (χ0v) is 11.5. The molecule has 0 saturated carbocycles. The van der Waals surface area contributed by atoms with Crippen LogP contribution in [0.25, 0.3) is 0 Å². The fourth-order valence-corrected chi connectivity index (χ4v) is 2.63. The second-order valence-electron chi connectivity index (χ2n) is 4.59. The normalized spacial score (nSPS) is 21.2. The molecule has 1 N–H and O–H groups in total. The maximum atomic E-state index is 5.55. The van der Waals surface area contributed by atoms with E-state index < -0.39 is 0 Å². The summed E-state index contributed by atoms with van der Waals surface area (Å²) < 4.78 is 5.55. The number of morpholine rings is 1. The van der Waals surface area contributed by atoms with Crippen molar-refractivity contribution >= 4 is 16.5 Å². The average molecular weight is 256 g/mol. The third-order valence-electron chi connectivity index (χ3n) is 2.75. The summed E-state index contributed by atoms with van der Waals surface area (Å²) in [6, 6.07) is 0.855. The van der Waals surface area contributed by atoms with Gasteiger partial charge in [0.15, 0.2) is 0 Å². The molecule has 0 aliphatic carbocycles. The van der Waals surface area contributed by atoms with E-state index in [-0.39, 0.29) is 0 Å². The molecule has 2 heterocycles. The summed E-state index contributed by atoms with van der Waals surface area (Å²) in [6.45, 7) is 9.67. The Labute approximate surface area is 106 Å². The molecule has 1 unspecified atom stereocenters. The number of nitrogens with one attached hydrogen (secondary N) is 1. The van der Waals surface area contributed by atoms with Gasteiger partial charge in [0, 0.05) is 19.1 Å². The van der Waals surface area contributed by atoms with Crippen LogP contribution in [-0.2, 0) is 4.74 Å². The van der Waals surface area contributed by atoms with Crippen LogP contribution < -0.4 is 10.2 Å². The van der Waals surface area contributed by atoms with Crippen LogP contribution in [0.4, 0.5) is 5.13 Å². The average Bonchev–Trinajstić information content (AvgIpc) is 2.73. The van der Waals surface area contributed by atoms with Gasteiger partial charge in [-0.3, -0.25) is 0 Å². The lowest BCUT2D eigenvalue weighted by molar-refractivity contribution is 0.0931. The van der Waals surface area contributed by atoms with E-state index in [9.17, 15) is 0 Å². The number of ether oxygens (including phenoxy) is 1. The largest absolute Gasteiger partial charge is 0.377 e. The highest BCUT2D eigenvalue weighted by molar-refractivity contribution is 7.15.